The summed E-state index contributed by atoms with van der Waals surface area (Å²) < 4.78 is 5.43. The summed E-state index contributed by atoms with van der Waals surface area (Å²) in [5.41, 5.74) is 4.26. The topological polar surface area (TPSA) is 25.4 Å². The molecule has 0 amide bonds. The van der Waals surface area contributed by atoms with E-state index in [1.165, 1.54) is 47.2 Å². The van der Waals surface area contributed by atoms with Crippen molar-refractivity contribution in [3.05, 3.63) is 35.4 Å². The Hall–Kier alpha value is -1.10. The van der Waals surface area contributed by atoms with Gasteiger partial charge >= 0.3 is 0 Å². The quantitative estimate of drug-likeness (QED) is 0.802. The second kappa shape index (κ2) is 7.20. The molecular formula is C19H24N2OS. The number of thioether (sulfide) groups is 1. The second-order valence-corrected chi connectivity index (χ2v) is 7.48. The van der Waals surface area contributed by atoms with Gasteiger partial charge in [-0.2, -0.15) is 0 Å². The van der Waals surface area contributed by atoms with Crippen molar-refractivity contribution in [1.29, 1.82) is 0 Å². The lowest BCUT2D eigenvalue weighted by molar-refractivity contribution is 0.0410. The van der Waals surface area contributed by atoms with Crippen LogP contribution in [0.25, 0.3) is 10.9 Å². The molecule has 0 spiro atoms. The molecule has 3 nitrogen and oxygen atoms in total. The molecule has 1 fully saturated rings. The number of ether oxygens (including phenoxy) is 1. The van der Waals surface area contributed by atoms with E-state index in [1.54, 1.807) is 5.56 Å². The summed E-state index contributed by atoms with van der Waals surface area (Å²) in [7, 11) is 0. The highest BCUT2D eigenvalue weighted by Crippen LogP contribution is 2.34. The summed E-state index contributed by atoms with van der Waals surface area (Å²) in [5.74, 6) is 1.12. The third-order valence-electron chi connectivity index (χ3n) is 4.93. The van der Waals surface area contributed by atoms with Gasteiger partial charge in [-0.15, -0.1) is 11.8 Å². The number of hydrogen-bond acceptors (Lipinski definition) is 4. The number of nitrogens with zero attached hydrogens (tertiary/aromatic N) is 2. The number of rotatable bonds is 4. The lowest BCUT2D eigenvalue weighted by atomic mass is 9.90. The molecule has 0 atom stereocenters. The van der Waals surface area contributed by atoms with Gasteiger partial charge in [-0.3, -0.25) is 4.90 Å². The fourth-order valence-electron chi connectivity index (χ4n) is 3.66. The molecule has 0 bridgehead atoms. The molecule has 1 aliphatic heterocycles. The summed E-state index contributed by atoms with van der Waals surface area (Å²) in [5, 5.41) is 2.66. The van der Waals surface area contributed by atoms with Crippen LogP contribution in [0.3, 0.4) is 0 Å². The maximum atomic E-state index is 5.43. The van der Waals surface area contributed by atoms with Gasteiger partial charge in [0.25, 0.3) is 0 Å². The molecular weight excluding hydrogens is 304 g/mol. The van der Waals surface area contributed by atoms with Crippen molar-refractivity contribution < 1.29 is 4.74 Å². The summed E-state index contributed by atoms with van der Waals surface area (Å²) in [6.45, 7) is 5.05. The zero-order valence-corrected chi connectivity index (χ0v) is 14.4. The Labute approximate surface area is 142 Å². The Morgan fingerprint density at radius 3 is 2.70 bits per heavy atom. The van der Waals surface area contributed by atoms with Gasteiger partial charge in [0.2, 0.25) is 0 Å². The molecule has 0 radical (unpaired) electrons. The number of hydrogen-bond donors (Lipinski definition) is 0. The lowest BCUT2D eigenvalue weighted by Gasteiger charge is -2.26. The number of morpholine rings is 1. The van der Waals surface area contributed by atoms with Gasteiger partial charge in [0, 0.05) is 30.8 Å². The second-order valence-electron chi connectivity index (χ2n) is 6.40. The van der Waals surface area contributed by atoms with Crippen molar-refractivity contribution in [2.24, 2.45) is 0 Å². The first kappa shape index (κ1) is 15.4. The van der Waals surface area contributed by atoms with Gasteiger partial charge in [0.15, 0.2) is 0 Å². The number of aryl methyl sites for hydroxylation is 1. The van der Waals surface area contributed by atoms with Crippen molar-refractivity contribution >= 4 is 22.7 Å². The molecule has 4 heteroatoms. The predicted molar refractivity (Wildman–Crippen MR) is 96.4 cm³/mol. The fraction of sp³-hybridized carbons (Fsp3) is 0.526. The first-order valence-corrected chi connectivity index (χ1v) is 9.74. The zero-order chi connectivity index (χ0) is 15.5. The van der Waals surface area contributed by atoms with Crippen molar-refractivity contribution in [2.75, 3.05) is 38.6 Å². The van der Waals surface area contributed by atoms with E-state index < -0.39 is 0 Å². The maximum absolute atomic E-state index is 5.43. The molecule has 23 heavy (non-hydrogen) atoms. The van der Waals surface area contributed by atoms with Crippen LogP contribution in [0.15, 0.2) is 29.3 Å². The summed E-state index contributed by atoms with van der Waals surface area (Å²) in [6, 6.07) is 8.65. The average Bonchev–Trinajstić information content (AvgIpc) is 2.63. The van der Waals surface area contributed by atoms with Crippen LogP contribution >= 0.6 is 11.8 Å². The minimum Gasteiger partial charge on any atom is -0.379 e. The SMILES string of the molecule is c1ccc2c3c(c(SCCN4CCOCC4)nc2c1)CCCC3. The van der Waals surface area contributed by atoms with Gasteiger partial charge in [-0.05, 0) is 42.9 Å². The lowest BCUT2D eigenvalue weighted by Crippen LogP contribution is -2.37. The van der Waals surface area contributed by atoms with E-state index in [4.69, 9.17) is 9.72 Å². The van der Waals surface area contributed by atoms with E-state index in [-0.39, 0.29) is 0 Å². The number of aromatic nitrogens is 1. The number of para-hydroxylation sites is 1. The fourth-order valence-corrected chi connectivity index (χ4v) is 4.76. The number of benzene rings is 1. The van der Waals surface area contributed by atoms with Crippen molar-refractivity contribution in [3.63, 3.8) is 0 Å². The molecule has 0 unspecified atom stereocenters. The van der Waals surface area contributed by atoms with E-state index >= 15 is 0 Å². The Morgan fingerprint density at radius 2 is 1.83 bits per heavy atom. The molecule has 1 aromatic carbocycles. The molecule has 0 saturated carbocycles. The minimum atomic E-state index is 0.883. The summed E-state index contributed by atoms with van der Waals surface area (Å²) in [4.78, 5) is 7.49. The minimum absolute atomic E-state index is 0.883. The van der Waals surface area contributed by atoms with Crippen LogP contribution in [-0.4, -0.2) is 48.5 Å². The normalized spacial score (nSPS) is 19.0. The molecule has 2 aliphatic rings. The van der Waals surface area contributed by atoms with Crippen LogP contribution in [0.5, 0.6) is 0 Å². The Bertz CT molecular complexity index is 682. The molecule has 4 rings (SSSR count). The van der Waals surface area contributed by atoms with Crippen LogP contribution in [0.4, 0.5) is 0 Å². The first-order chi connectivity index (χ1) is 11.4. The van der Waals surface area contributed by atoms with Gasteiger partial charge in [0.05, 0.1) is 18.7 Å². The molecule has 2 heterocycles. The Balaban J connectivity index is 1.54. The number of pyridine rings is 1. The highest BCUT2D eigenvalue weighted by Gasteiger charge is 2.18. The van der Waals surface area contributed by atoms with E-state index in [9.17, 15) is 0 Å². The standard InChI is InChI=1S/C19H24N2OS/c1-2-7-17-15(5-1)16-6-3-4-8-18(16)20-19(17)23-14-11-21-9-12-22-13-10-21/h3-4,6,8H,1-2,5,7,9-14H2. The van der Waals surface area contributed by atoms with E-state index in [0.717, 1.165) is 38.6 Å². The third kappa shape index (κ3) is 3.39. The molecule has 1 saturated heterocycles. The number of fused-ring (bicyclic) bond motifs is 3. The van der Waals surface area contributed by atoms with Crippen LogP contribution in [0, 0.1) is 0 Å². The smallest absolute Gasteiger partial charge is 0.100 e. The largest absolute Gasteiger partial charge is 0.379 e. The van der Waals surface area contributed by atoms with Gasteiger partial charge in [-0.25, -0.2) is 4.98 Å². The summed E-state index contributed by atoms with van der Waals surface area (Å²) >= 11 is 1.95. The van der Waals surface area contributed by atoms with E-state index in [0.29, 0.717) is 0 Å². The van der Waals surface area contributed by atoms with Crippen molar-refractivity contribution in [1.82, 2.24) is 9.88 Å². The van der Waals surface area contributed by atoms with Crippen LogP contribution in [0.2, 0.25) is 0 Å². The Kier molecular flexibility index (Phi) is 4.83. The Morgan fingerprint density at radius 1 is 1.04 bits per heavy atom. The van der Waals surface area contributed by atoms with Crippen molar-refractivity contribution in [3.8, 4) is 0 Å². The van der Waals surface area contributed by atoms with Gasteiger partial charge in [0.1, 0.15) is 5.03 Å². The van der Waals surface area contributed by atoms with Gasteiger partial charge < -0.3 is 4.74 Å². The first-order valence-electron chi connectivity index (χ1n) is 8.75. The van der Waals surface area contributed by atoms with Crippen LogP contribution < -0.4 is 0 Å². The molecule has 122 valence electrons. The monoisotopic (exact) mass is 328 g/mol. The maximum Gasteiger partial charge on any atom is 0.100 e. The van der Waals surface area contributed by atoms with Crippen molar-refractivity contribution in [2.45, 2.75) is 30.7 Å². The van der Waals surface area contributed by atoms with Gasteiger partial charge in [-0.1, -0.05) is 18.2 Å². The highest BCUT2D eigenvalue weighted by atomic mass is 32.2. The van der Waals surface area contributed by atoms with E-state index in [1.807, 2.05) is 11.8 Å². The summed E-state index contributed by atoms with van der Waals surface area (Å²) in [6.07, 6.45) is 5.05. The molecule has 2 aromatic rings. The average molecular weight is 328 g/mol. The molecule has 1 aromatic heterocycles. The van der Waals surface area contributed by atoms with Crippen LogP contribution in [-0.2, 0) is 17.6 Å². The molecule has 1 aliphatic carbocycles. The zero-order valence-electron chi connectivity index (χ0n) is 13.6. The van der Waals surface area contributed by atoms with Crippen LogP contribution in [0.1, 0.15) is 24.0 Å². The molecule has 0 N–H and O–H groups in total. The van der Waals surface area contributed by atoms with E-state index in [2.05, 4.69) is 29.2 Å². The predicted octanol–water partition coefficient (Wildman–Crippen LogP) is 3.54. The highest BCUT2D eigenvalue weighted by molar-refractivity contribution is 7.99. The third-order valence-corrected chi connectivity index (χ3v) is 5.92.